The van der Waals surface area contributed by atoms with Crippen molar-refractivity contribution in [2.24, 2.45) is 29.1 Å². The van der Waals surface area contributed by atoms with Gasteiger partial charge < -0.3 is 0 Å². The molecule has 5 aliphatic rings. The average Bonchev–Trinajstić information content (AvgIpc) is 2.47. The van der Waals surface area contributed by atoms with Crippen LogP contribution in [0.2, 0.25) is 0 Å². The molecule has 0 aromatic heterocycles. The summed E-state index contributed by atoms with van der Waals surface area (Å²) in [6.07, 6.45) is 11.4. The summed E-state index contributed by atoms with van der Waals surface area (Å²) in [4.78, 5) is 0. The minimum Gasteiger partial charge on any atom is -0.0499 e. The van der Waals surface area contributed by atoms with Crippen molar-refractivity contribution in [2.75, 3.05) is 0 Å². The lowest BCUT2D eigenvalue weighted by Gasteiger charge is -2.43. The van der Waals surface area contributed by atoms with Gasteiger partial charge in [-0.25, -0.2) is 0 Å². The Morgan fingerprint density at radius 3 is 2.75 bits per heavy atom. The predicted molar refractivity (Wildman–Crippen MR) is 48.7 cm³/mol. The van der Waals surface area contributed by atoms with Crippen LogP contribution in [0, 0.1) is 29.1 Å². The van der Waals surface area contributed by atoms with Gasteiger partial charge in [0.05, 0.1) is 0 Å². The van der Waals surface area contributed by atoms with E-state index < -0.39 is 0 Å². The summed E-state index contributed by atoms with van der Waals surface area (Å²) in [5.74, 6) is 4.77. The van der Waals surface area contributed by atoms with Gasteiger partial charge in [-0.1, -0.05) is 0 Å². The fourth-order valence-corrected chi connectivity index (χ4v) is 4.65. The lowest BCUT2D eigenvalue weighted by molar-refractivity contribution is 0.0804. The molecule has 0 aliphatic heterocycles. The Morgan fingerprint density at radius 1 is 0.917 bits per heavy atom. The van der Waals surface area contributed by atoms with E-state index in [0.717, 1.165) is 5.41 Å². The maximum absolute atomic E-state index is 1.65. The summed E-state index contributed by atoms with van der Waals surface area (Å²) in [6, 6.07) is 0. The van der Waals surface area contributed by atoms with Crippen LogP contribution in [0.4, 0.5) is 0 Å². The van der Waals surface area contributed by atoms with Crippen molar-refractivity contribution in [3.63, 3.8) is 0 Å². The molecule has 0 heteroatoms. The number of fused-ring (bicyclic) bond motifs is 1. The molecule has 5 rings (SSSR count). The molecule has 5 saturated carbocycles. The van der Waals surface area contributed by atoms with Gasteiger partial charge in [-0.3, -0.25) is 0 Å². The van der Waals surface area contributed by atoms with Gasteiger partial charge in [-0.15, -0.1) is 0 Å². The van der Waals surface area contributed by atoms with Gasteiger partial charge in [0, 0.05) is 0 Å². The summed E-state index contributed by atoms with van der Waals surface area (Å²) in [5.41, 5.74) is 0.946. The monoisotopic (exact) mass is 162 g/mol. The first-order valence-corrected chi connectivity index (χ1v) is 5.86. The van der Waals surface area contributed by atoms with Gasteiger partial charge in [0.2, 0.25) is 0 Å². The molecule has 4 bridgehead atoms. The summed E-state index contributed by atoms with van der Waals surface area (Å²) in [7, 11) is 0. The fraction of sp³-hybridized carbons (Fsp3) is 1.00. The zero-order valence-corrected chi connectivity index (χ0v) is 7.76. The molecule has 5 fully saturated rings. The molecule has 0 aromatic rings. The van der Waals surface area contributed by atoms with Crippen molar-refractivity contribution in [1.82, 2.24) is 0 Å². The van der Waals surface area contributed by atoms with Crippen LogP contribution in [0.15, 0.2) is 0 Å². The molecule has 1 spiro atoms. The van der Waals surface area contributed by atoms with Gasteiger partial charge in [-0.05, 0) is 74.0 Å². The highest BCUT2D eigenvalue weighted by Crippen LogP contribution is 2.72. The zero-order chi connectivity index (χ0) is 7.76. The third kappa shape index (κ3) is 0.625. The fourth-order valence-electron chi connectivity index (χ4n) is 4.65. The Hall–Kier alpha value is 0. The Labute approximate surface area is 74.7 Å². The van der Waals surface area contributed by atoms with Crippen LogP contribution < -0.4 is 0 Å². The van der Waals surface area contributed by atoms with E-state index in [0.29, 0.717) is 0 Å². The first-order valence-electron chi connectivity index (χ1n) is 5.86. The van der Waals surface area contributed by atoms with E-state index in [-0.39, 0.29) is 0 Å². The highest BCUT2D eigenvalue weighted by molar-refractivity contribution is 5.12. The molecular formula is C12H18. The van der Waals surface area contributed by atoms with E-state index >= 15 is 0 Å². The molecule has 3 atom stereocenters. The maximum atomic E-state index is 1.65. The van der Waals surface area contributed by atoms with E-state index in [1.54, 1.807) is 44.9 Å². The number of hydrogen-bond donors (Lipinski definition) is 0. The third-order valence-corrected chi connectivity index (χ3v) is 5.60. The molecule has 0 saturated heterocycles. The molecular weight excluding hydrogens is 144 g/mol. The number of hydrogen-bond acceptors (Lipinski definition) is 0. The lowest BCUT2D eigenvalue weighted by Crippen LogP contribution is -2.32. The predicted octanol–water partition coefficient (Wildman–Crippen LogP) is 3.22. The first-order chi connectivity index (χ1) is 5.86. The molecule has 0 N–H and O–H groups in total. The Balaban J connectivity index is 1.68. The van der Waals surface area contributed by atoms with E-state index in [1.165, 1.54) is 23.7 Å². The quantitative estimate of drug-likeness (QED) is 0.513. The summed E-state index contributed by atoms with van der Waals surface area (Å²) < 4.78 is 0. The Kier molecular flexibility index (Phi) is 0.946. The van der Waals surface area contributed by atoms with Crippen LogP contribution in [0.1, 0.15) is 44.9 Å². The molecule has 0 heterocycles. The molecule has 0 aromatic carbocycles. The molecule has 0 radical (unpaired) electrons. The van der Waals surface area contributed by atoms with Crippen molar-refractivity contribution in [2.45, 2.75) is 44.9 Å². The summed E-state index contributed by atoms with van der Waals surface area (Å²) in [6.45, 7) is 0. The largest absolute Gasteiger partial charge is 0.0499 e. The minimum absolute atomic E-state index is 0.946. The highest BCUT2D eigenvalue weighted by Gasteiger charge is 2.62. The topological polar surface area (TPSA) is 0 Å². The van der Waals surface area contributed by atoms with E-state index in [2.05, 4.69) is 0 Å². The third-order valence-electron chi connectivity index (χ3n) is 5.60. The summed E-state index contributed by atoms with van der Waals surface area (Å²) in [5, 5.41) is 0. The molecule has 0 amide bonds. The van der Waals surface area contributed by atoms with E-state index in [4.69, 9.17) is 0 Å². The molecule has 0 nitrogen and oxygen atoms in total. The Bertz CT molecular complexity index is 226. The van der Waals surface area contributed by atoms with E-state index in [1.807, 2.05) is 0 Å². The SMILES string of the molecule is C1CC23CC(CC2C3)C2CC1C2. The van der Waals surface area contributed by atoms with Gasteiger partial charge in [0.25, 0.3) is 0 Å². The van der Waals surface area contributed by atoms with Crippen molar-refractivity contribution >= 4 is 0 Å². The van der Waals surface area contributed by atoms with Crippen LogP contribution in [-0.2, 0) is 0 Å². The molecule has 3 unspecified atom stereocenters. The van der Waals surface area contributed by atoms with Crippen LogP contribution >= 0.6 is 0 Å². The molecule has 12 heavy (non-hydrogen) atoms. The maximum Gasteiger partial charge on any atom is -0.0263 e. The van der Waals surface area contributed by atoms with Crippen molar-refractivity contribution in [3.05, 3.63) is 0 Å². The normalized spacial score (nSPS) is 66.0. The smallest absolute Gasteiger partial charge is 0.0263 e. The van der Waals surface area contributed by atoms with E-state index in [9.17, 15) is 0 Å². The second-order valence-corrected chi connectivity index (χ2v) is 6.10. The van der Waals surface area contributed by atoms with Crippen molar-refractivity contribution < 1.29 is 0 Å². The second-order valence-electron chi connectivity index (χ2n) is 6.10. The standard InChI is InChI=1S/C12H18/c1-2-12-6-10(5-11(12)7-12)9-3-8(1)4-9/h8-11H,1-7H2. The van der Waals surface area contributed by atoms with Crippen LogP contribution in [-0.4, -0.2) is 0 Å². The summed E-state index contributed by atoms with van der Waals surface area (Å²) >= 11 is 0. The van der Waals surface area contributed by atoms with Crippen LogP contribution in [0.25, 0.3) is 0 Å². The van der Waals surface area contributed by atoms with Gasteiger partial charge in [0.1, 0.15) is 0 Å². The second kappa shape index (κ2) is 1.76. The van der Waals surface area contributed by atoms with Gasteiger partial charge in [-0.2, -0.15) is 0 Å². The van der Waals surface area contributed by atoms with Crippen molar-refractivity contribution in [3.8, 4) is 0 Å². The van der Waals surface area contributed by atoms with Crippen LogP contribution in [0.5, 0.6) is 0 Å². The Morgan fingerprint density at radius 2 is 1.83 bits per heavy atom. The first kappa shape index (κ1) is 6.45. The van der Waals surface area contributed by atoms with Crippen LogP contribution in [0.3, 0.4) is 0 Å². The average molecular weight is 162 g/mol. The highest BCUT2D eigenvalue weighted by atomic mass is 14.7. The van der Waals surface area contributed by atoms with Gasteiger partial charge in [0.15, 0.2) is 0 Å². The number of rotatable bonds is 0. The lowest BCUT2D eigenvalue weighted by atomic mass is 9.63. The molecule has 5 aliphatic carbocycles. The van der Waals surface area contributed by atoms with Gasteiger partial charge >= 0.3 is 0 Å². The zero-order valence-electron chi connectivity index (χ0n) is 7.76. The van der Waals surface area contributed by atoms with Crippen molar-refractivity contribution in [1.29, 1.82) is 0 Å². The minimum atomic E-state index is 0.946. The molecule has 66 valence electrons.